The molecule has 0 saturated carbocycles. The highest BCUT2D eigenvalue weighted by molar-refractivity contribution is 9.10. The lowest BCUT2D eigenvalue weighted by atomic mass is 9.97. The van der Waals surface area contributed by atoms with Crippen molar-refractivity contribution >= 4 is 21.8 Å². The minimum absolute atomic E-state index is 0.159. The lowest BCUT2D eigenvalue weighted by Crippen LogP contribution is -2.26. The Bertz CT molecular complexity index is 692. The van der Waals surface area contributed by atoms with Crippen LogP contribution in [0.3, 0.4) is 0 Å². The first kappa shape index (κ1) is 17.5. The van der Waals surface area contributed by atoms with E-state index in [0.29, 0.717) is 36.0 Å². The van der Waals surface area contributed by atoms with E-state index < -0.39 is 0 Å². The van der Waals surface area contributed by atoms with Gasteiger partial charge in [0, 0.05) is 23.9 Å². The third-order valence-electron chi connectivity index (χ3n) is 3.16. The normalized spacial score (nSPS) is 11.3. The number of carbonyl (C=O) groups is 1. The fraction of sp³-hybridized carbons (Fsp3) is 0.438. The largest absolute Gasteiger partial charge is 0.496 e. The molecule has 0 atom stereocenters. The predicted molar refractivity (Wildman–Crippen MR) is 89.7 cm³/mol. The molecule has 0 saturated heterocycles. The molecular formula is C16H20BrN3O3. The number of hydrogen-bond acceptors (Lipinski definition) is 5. The Hall–Kier alpha value is -1.89. The summed E-state index contributed by atoms with van der Waals surface area (Å²) in [5.74, 6) is 1.71. The summed E-state index contributed by atoms with van der Waals surface area (Å²) in [5.41, 5.74) is 0.380. The molecule has 7 heteroatoms. The van der Waals surface area contributed by atoms with Gasteiger partial charge in [0.15, 0.2) is 5.82 Å². The van der Waals surface area contributed by atoms with Crippen LogP contribution in [0.1, 0.15) is 42.8 Å². The number of aromatic nitrogens is 2. The molecule has 2 rings (SSSR count). The first-order valence-corrected chi connectivity index (χ1v) is 8.05. The second-order valence-electron chi connectivity index (χ2n) is 6.12. The molecule has 1 aromatic heterocycles. The third-order valence-corrected chi connectivity index (χ3v) is 3.78. The van der Waals surface area contributed by atoms with Crippen LogP contribution < -0.4 is 10.1 Å². The summed E-state index contributed by atoms with van der Waals surface area (Å²) in [6, 6.07) is 5.18. The van der Waals surface area contributed by atoms with Gasteiger partial charge in [-0.2, -0.15) is 4.98 Å². The molecule has 1 N–H and O–H groups in total. The molecule has 6 nitrogen and oxygen atoms in total. The molecule has 0 aliphatic carbocycles. The zero-order valence-electron chi connectivity index (χ0n) is 13.6. The van der Waals surface area contributed by atoms with E-state index in [2.05, 4.69) is 31.4 Å². The topological polar surface area (TPSA) is 77.2 Å². The molecule has 2 aromatic rings. The Labute approximate surface area is 143 Å². The molecule has 23 heavy (non-hydrogen) atoms. The maximum Gasteiger partial charge on any atom is 0.251 e. The van der Waals surface area contributed by atoms with Crippen LogP contribution in [-0.2, 0) is 11.8 Å². The van der Waals surface area contributed by atoms with Gasteiger partial charge < -0.3 is 14.6 Å². The first-order valence-electron chi connectivity index (χ1n) is 7.26. The molecule has 124 valence electrons. The molecule has 1 heterocycles. The van der Waals surface area contributed by atoms with Crippen molar-refractivity contribution in [3.05, 3.63) is 40.0 Å². The number of rotatable bonds is 5. The van der Waals surface area contributed by atoms with E-state index in [-0.39, 0.29) is 11.3 Å². The number of carbonyl (C=O) groups excluding carboxylic acids is 1. The van der Waals surface area contributed by atoms with E-state index in [4.69, 9.17) is 9.26 Å². The average Bonchev–Trinajstić information content (AvgIpc) is 2.96. The van der Waals surface area contributed by atoms with Gasteiger partial charge in [-0.05, 0) is 34.1 Å². The van der Waals surface area contributed by atoms with Crippen molar-refractivity contribution < 1.29 is 14.1 Å². The van der Waals surface area contributed by atoms with E-state index in [0.717, 1.165) is 4.47 Å². The summed E-state index contributed by atoms with van der Waals surface area (Å²) in [7, 11) is 1.58. The Morgan fingerprint density at radius 1 is 1.39 bits per heavy atom. The fourth-order valence-electron chi connectivity index (χ4n) is 1.86. The number of ether oxygens (including phenoxy) is 1. The fourth-order valence-corrected chi connectivity index (χ4v) is 2.40. The molecule has 0 bridgehead atoms. The van der Waals surface area contributed by atoms with Crippen LogP contribution in [0.2, 0.25) is 0 Å². The Kier molecular flexibility index (Phi) is 5.41. The highest BCUT2D eigenvalue weighted by Crippen LogP contribution is 2.25. The molecular weight excluding hydrogens is 362 g/mol. The van der Waals surface area contributed by atoms with E-state index in [1.54, 1.807) is 25.3 Å². The van der Waals surface area contributed by atoms with Gasteiger partial charge in [0.25, 0.3) is 5.91 Å². The van der Waals surface area contributed by atoms with Gasteiger partial charge >= 0.3 is 0 Å². The molecule has 0 aliphatic rings. The van der Waals surface area contributed by atoms with Gasteiger partial charge in [-0.15, -0.1) is 0 Å². The SMILES string of the molecule is COc1ccc(C(=O)NCCc2noc(C(C)(C)C)n2)cc1Br. The summed E-state index contributed by atoms with van der Waals surface area (Å²) in [6.07, 6.45) is 0.517. The maximum atomic E-state index is 12.1. The predicted octanol–water partition coefficient (Wildman–Crippen LogP) is 3.11. The third kappa shape index (κ3) is 4.54. The van der Waals surface area contributed by atoms with E-state index in [9.17, 15) is 4.79 Å². The molecule has 1 aromatic carbocycles. The van der Waals surface area contributed by atoms with Crippen molar-refractivity contribution in [3.8, 4) is 5.75 Å². The highest BCUT2D eigenvalue weighted by Gasteiger charge is 2.21. The van der Waals surface area contributed by atoms with Gasteiger partial charge in [0.2, 0.25) is 5.89 Å². The molecule has 0 spiro atoms. The standard InChI is InChI=1S/C16H20BrN3O3/c1-16(2,3)15-19-13(20-23-15)7-8-18-14(21)10-5-6-12(22-4)11(17)9-10/h5-6,9H,7-8H2,1-4H3,(H,18,21). The summed E-state index contributed by atoms with van der Waals surface area (Å²) in [5, 5.41) is 6.77. The first-order chi connectivity index (χ1) is 10.8. The van der Waals surface area contributed by atoms with Crippen LogP contribution >= 0.6 is 15.9 Å². The van der Waals surface area contributed by atoms with Gasteiger partial charge in [-0.25, -0.2) is 0 Å². The van der Waals surface area contributed by atoms with Crippen molar-refractivity contribution in [1.82, 2.24) is 15.5 Å². The summed E-state index contributed by atoms with van der Waals surface area (Å²) in [4.78, 5) is 16.4. The Balaban J connectivity index is 1.90. The number of nitrogens with zero attached hydrogens (tertiary/aromatic N) is 2. The smallest absolute Gasteiger partial charge is 0.251 e. The van der Waals surface area contributed by atoms with Crippen molar-refractivity contribution in [1.29, 1.82) is 0 Å². The zero-order valence-corrected chi connectivity index (χ0v) is 15.2. The number of amides is 1. The molecule has 0 radical (unpaired) electrons. The summed E-state index contributed by atoms with van der Waals surface area (Å²) in [6.45, 7) is 6.46. The Morgan fingerprint density at radius 2 is 2.13 bits per heavy atom. The quantitative estimate of drug-likeness (QED) is 0.860. The molecule has 0 fully saturated rings. The van der Waals surface area contributed by atoms with Gasteiger partial charge in [-0.3, -0.25) is 4.79 Å². The zero-order chi connectivity index (χ0) is 17.0. The van der Waals surface area contributed by atoms with Gasteiger partial charge in [-0.1, -0.05) is 25.9 Å². The maximum absolute atomic E-state index is 12.1. The molecule has 0 aliphatic heterocycles. The van der Waals surface area contributed by atoms with Crippen molar-refractivity contribution in [3.63, 3.8) is 0 Å². The van der Waals surface area contributed by atoms with Crippen molar-refractivity contribution in [2.75, 3.05) is 13.7 Å². The minimum atomic E-state index is -0.177. The number of nitrogens with one attached hydrogen (secondary N) is 1. The van der Waals surface area contributed by atoms with Crippen LogP contribution in [0.15, 0.2) is 27.2 Å². The lowest BCUT2D eigenvalue weighted by Gasteiger charge is -2.10. The number of hydrogen-bond donors (Lipinski definition) is 1. The minimum Gasteiger partial charge on any atom is -0.496 e. The van der Waals surface area contributed by atoms with Crippen LogP contribution in [-0.4, -0.2) is 29.7 Å². The van der Waals surface area contributed by atoms with E-state index in [1.165, 1.54) is 0 Å². The van der Waals surface area contributed by atoms with Crippen molar-refractivity contribution in [2.24, 2.45) is 0 Å². The summed E-state index contributed by atoms with van der Waals surface area (Å²) >= 11 is 3.36. The second-order valence-corrected chi connectivity index (χ2v) is 6.98. The van der Waals surface area contributed by atoms with Crippen molar-refractivity contribution in [2.45, 2.75) is 32.6 Å². The molecule has 1 amide bonds. The van der Waals surface area contributed by atoms with E-state index >= 15 is 0 Å². The van der Waals surface area contributed by atoms with Crippen LogP contribution in [0.25, 0.3) is 0 Å². The Morgan fingerprint density at radius 3 is 2.70 bits per heavy atom. The number of methoxy groups -OCH3 is 1. The second kappa shape index (κ2) is 7.12. The van der Waals surface area contributed by atoms with Gasteiger partial charge in [0.1, 0.15) is 5.75 Å². The van der Waals surface area contributed by atoms with Crippen LogP contribution in [0, 0.1) is 0 Å². The summed E-state index contributed by atoms with van der Waals surface area (Å²) < 4.78 is 11.1. The van der Waals surface area contributed by atoms with E-state index in [1.807, 2.05) is 20.8 Å². The highest BCUT2D eigenvalue weighted by atomic mass is 79.9. The van der Waals surface area contributed by atoms with Crippen LogP contribution in [0.4, 0.5) is 0 Å². The number of halogens is 1. The molecule has 0 unspecified atom stereocenters. The lowest BCUT2D eigenvalue weighted by molar-refractivity contribution is 0.0954. The van der Waals surface area contributed by atoms with Crippen LogP contribution in [0.5, 0.6) is 5.75 Å². The monoisotopic (exact) mass is 381 g/mol. The van der Waals surface area contributed by atoms with Gasteiger partial charge in [0.05, 0.1) is 11.6 Å². The average molecular weight is 382 g/mol. The number of benzene rings is 1.